The number of hydrogen-bond acceptors (Lipinski definition) is 8. The molecule has 0 aliphatic rings. The van der Waals surface area contributed by atoms with Crippen molar-refractivity contribution in [3.8, 4) is 5.75 Å². The van der Waals surface area contributed by atoms with E-state index in [1.54, 1.807) is 7.11 Å². The molecular weight excluding hydrogens is 603 g/mol. The molecule has 1 N–H and O–H groups in total. The highest BCUT2D eigenvalue weighted by atomic mass is 28.4. The van der Waals surface area contributed by atoms with Gasteiger partial charge in [0.05, 0.1) is 32.5 Å². The molecule has 45 heavy (non-hydrogen) atoms. The molecule has 0 unspecified atom stereocenters. The first-order valence-electron chi connectivity index (χ1n) is 15.7. The molecule has 8 nitrogen and oxygen atoms in total. The summed E-state index contributed by atoms with van der Waals surface area (Å²) in [5.74, 6) is -0.848. The van der Waals surface area contributed by atoms with Gasteiger partial charge in [-0.05, 0) is 66.1 Å². The summed E-state index contributed by atoms with van der Waals surface area (Å²) in [4.78, 5) is 26.0. The molecule has 0 aromatic heterocycles. The summed E-state index contributed by atoms with van der Waals surface area (Å²) in [5.41, 5.74) is 1.73. The molecule has 0 radical (unpaired) electrons. The van der Waals surface area contributed by atoms with E-state index < -0.39 is 46.8 Å². The van der Waals surface area contributed by atoms with Crippen LogP contribution < -0.4 is 10.1 Å². The standard InChI is InChI=1S/C35H57NO7Si2/c1-25(37)41-24-29(42-44(10,11)34(2,3)4)23-30(43-45(12,13)35(5,6)7)31(33(38)40-9)32(36-27-17-15-14-16-18-27)26-19-21-28(39-8)22-20-26/h14-22,29-32,36H,23-24H2,1-13H3/t29-,30+,31-,32-/m0/s1. The highest BCUT2D eigenvalue weighted by Crippen LogP contribution is 2.43. The number of carbonyl (C=O) groups excluding carboxylic acids is 2. The third kappa shape index (κ3) is 11.0. The van der Waals surface area contributed by atoms with Gasteiger partial charge >= 0.3 is 11.9 Å². The van der Waals surface area contributed by atoms with Crippen molar-refractivity contribution >= 4 is 34.3 Å². The van der Waals surface area contributed by atoms with Crippen LogP contribution in [-0.2, 0) is 27.9 Å². The predicted molar refractivity (Wildman–Crippen MR) is 187 cm³/mol. The smallest absolute Gasteiger partial charge is 0.313 e. The van der Waals surface area contributed by atoms with Gasteiger partial charge in [0.2, 0.25) is 0 Å². The minimum absolute atomic E-state index is 0.0619. The number of carbonyl (C=O) groups is 2. The second kappa shape index (κ2) is 15.8. The average molecular weight is 660 g/mol. The normalized spacial score (nSPS) is 15.4. The van der Waals surface area contributed by atoms with Gasteiger partial charge in [0, 0.05) is 19.0 Å². The molecular formula is C35H57NO7Si2. The minimum atomic E-state index is -2.46. The molecule has 0 amide bonds. The molecule has 0 saturated heterocycles. The second-order valence-corrected chi connectivity index (χ2v) is 24.3. The fourth-order valence-corrected chi connectivity index (χ4v) is 7.28. The van der Waals surface area contributed by atoms with E-state index in [1.165, 1.54) is 14.0 Å². The molecule has 0 spiro atoms. The van der Waals surface area contributed by atoms with Crippen molar-refractivity contribution in [3.63, 3.8) is 0 Å². The Balaban J connectivity index is 2.78. The van der Waals surface area contributed by atoms with E-state index in [0.29, 0.717) is 12.2 Å². The molecule has 0 fully saturated rings. The number of rotatable bonds is 15. The van der Waals surface area contributed by atoms with Gasteiger partial charge in [-0.15, -0.1) is 0 Å². The van der Waals surface area contributed by atoms with Crippen LogP contribution in [0.5, 0.6) is 5.75 Å². The van der Waals surface area contributed by atoms with E-state index in [1.807, 2.05) is 54.6 Å². The van der Waals surface area contributed by atoms with Gasteiger partial charge in [-0.1, -0.05) is 71.9 Å². The SMILES string of the molecule is COC(=O)[C@@H]([C@@H](C[C@@H](COC(C)=O)O[Si](C)(C)C(C)(C)C)O[Si](C)(C)C(C)(C)C)[C@@H](Nc1ccccc1)c1ccc(OC)cc1. The maximum Gasteiger partial charge on any atom is 0.313 e. The van der Waals surface area contributed by atoms with Crippen molar-refractivity contribution in [3.05, 3.63) is 60.2 Å². The summed E-state index contributed by atoms with van der Waals surface area (Å²) in [6.07, 6.45) is -0.799. The van der Waals surface area contributed by atoms with Gasteiger partial charge in [-0.25, -0.2) is 0 Å². The van der Waals surface area contributed by atoms with Crippen LogP contribution in [0.15, 0.2) is 54.6 Å². The maximum atomic E-state index is 14.0. The average Bonchev–Trinajstić information content (AvgIpc) is 2.94. The van der Waals surface area contributed by atoms with Gasteiger partial charge in [0.15, 0.2) is 16.6 Å². The lowest BCUT2D eigenvalue weighted by atomic mass is 9.85. The first kappa shape index (κ1) is 38.5. The summed E-state index contributed by atoms with van der Waals surface area (Å²) in [7, 11) is -1.74. The van der Waals surface area contributed by atoms with Gasteiger partial charge in [0.1, 0.15) is 18.3 Å². The maximum absolute atomic E-state index is 14.0. The van der Waals surface area contributed by atoms with Crippen LogP contribution in [0.3, 0.4) is 0 Å². The number of ether oxygens (including phenoxy) is 3. The zero-order valence-electron chi connectivity index (χ0n) is 29.8. The molecule has 252 valence electrons. The Morgan fingerprint density at radius 1 is 0.800 bits per heavy atom. The summed E-state index contributed by atoms with van der Waals surface area (Å²) < 4.78 is 30.6. The topological polar surface area (TPSA) is 92.3 Å². The first-order chi connectivity index (χ1) is 20.7. The minimum Gasteiger partial charge on any atom is -0.497 e. The molecule has 0 heterocycles. The van der Waals surface area contributed by atoms with E-state index in [9.17, 15) is 9.59 Å². The van der Waals surface area contributed by atoms with E-state index in [0.717, 1.165) is 11.3 Å². The van der Waals surface area contributed by atoms with Gasteiger partial charge in [-0.3, -0.25) is 9.59 Å². The Morgan fingerprint density at radius 3 is 1.80 bits per heavy atom. The number of methoxy groups -OCH3 is 2. The van der Waals surface area contributed by atoms with Crippen molar-refractivity contribution in [2.45, 2.75) is 109 Å². The van der Waals surface area contributed by atoms with Crippen LogP contribution in [0, 0.1) is 5.92 Å². The van der Waals surface area contributed by atoms with Crippen LogP contribution in [0.25, 0.3) is 0 Å². The van der Waals surface area contributed by atoms with Gasteiger partial charge < -0.3 is 28.4 Å². The first-order valence-corrected chi connectivity index (χ1v) is 21.6. The van der Waals surface area contributed by atoms with Gasteiger partial charge in [0.25, 0.3) is 0 Å². The van der Waals surface area contributed by atoms with Crippen LogP contribution in [0.2, 0.25) is 36.3 Å². The van der Waals surface area contributed by atoms with Crippen LogP contribution in [-0.4, -0.2) is 61.6 Å². The molecule has 0 aliphatic heterocycles. The molecule has 2 aromatic carbocycles. The van der Waals surface area contributed by atoms with Gasteiger partial charge in [-0.2, -0.15) is 0 Å². The fraction of sp³-hybridized carbons (Fsp3) is 0.600. The Morgan fingerprint density at radius 2 is 1.33 bits per heavy atom. The van der Waals surface area contributed by atoms with E-state index in [2.05, 4.69) is 73.0 Å². The van der Waals surface area contributed by atoms with Crippen molar-refractivity contribution in [1.29, 1.82) is 0 Å². The number of para-hydroxylation sites is 1. The number of esters is 2. The number of hydrogen-bond donors (Lipinski definition) is 1. The van der Waals surface area contributed by atoms with Crippen molar-refractivity contribution in [2.24, 2.45) is 5.92 Å². The molecule has 2 rings (SSSR count). The van der Waals surface area contributed by atoms with Crippen LogP contribution in [0.4, 0.5) is 5.69 Å². The summed E-state index contributed by atoms with van der Waals surface area (Å²) in [6.45, 7) is 23.2. The van der Waals surface area contributed by atoms with E-state index in [4.69, 9.17) is 23.1 Å². The molecule has 0 aliphatic carbocycles. The Labute approximate surface area is 273 Å². The van der Waals surface area contributed by atoms with Crippen LogP contribution >= 0.6 is 0 Å². The van der Waals surface area contributed by atoms with E-state index >= 15 is 0 Å². The van der Waals surface area contributed by atoms with Crippen molar-refractivity contribution in [2.75, 3.05) is 26.1 Å². The summed E-state index contributed by atoms with van der Waals surface area (Å²) in [5, 5.41) is 3.40. The lowest BCUT2D eigenvalue weighted by Crippen LogP contribution is -2.52. The van der Waals surface area contributed by atoms with Crippen molar-refractivity contribution in [1.82, 2.24) is 0 Å². The Hall–Kier alpha value is -2.67. The Bertz CT molecular complexity index is 1220. The lowest BCUT2D eigenvalue weighted by Gasteiger charge is -2.45. The third-order valence-corrected chi connectivity index (χ3v) is 18.3. The monoisotopic (exact) mass is 659 g/mol. The zero-order chi connectivity index (χ0) is 34.2. The highest BCUT2D eigenvalue weighted by Gasteiger charge is 2.47. The molecule has 10 heteroatoms. The molecule has 0 bridgehead atoms. The largest absolute Gasteiger partial charge is 0.497 e. The number of nitrogens with one attached hydrogen (secondary N) is 1. The number of benzene rings is 2. The van der Waals surface area contributed by atoms with Crippen molar-refractivity contribution < 1.29 is 32.7 Å². The predicted octanol–water partition coefficient (Wildman–Crippen LogP) is 8.37. The summed E-state index contributed by atoms with van der Waals surface area (Å²) >= 11 is 0. The lowest BCUT2D eigenvalue weighted by molar-refractivity contribution is -0.152. The highest BCUT2D eigenvalue weighted by molar-refractivity contribution is 6.74. The van der Waals surface area contributed by atoms with Crippen LogP contribution in [0.1, 0.15) is 66.5 Å². The molecule has 0 saturated carbocycles. The Kier molecular flexibility index (Phi) is 13.5. The zero-order valence-corrected chi connectivity index (χ0v) is 31.8. The third-order valence-electron chi connectivity index (χ3n) is 9.29. The fourth-order valence-electron chi connectivity index (χ4n) is 4.58. The van der Waals surface area contributed by atoms with E-state index in [-0.39, 0.29) is 22.7 Å². The summed E-state index contributed by atoms with van der Waals surface area (Å²) in [6, 6.07) is 17.0. The molecule has 4 atom stereocenters. The molecule has 2 aromatic rings. The quantitative estimate of drug-likeness (QED) is 0.151. The second-order valence-electron chi connectivity index (χ2n) is 14.8. The number of anilines is 1.